The molecule has 100 valence electrons. The molecule has 0 radical (unpaired) electrons. The summed E-state index contributed by atoms with van der Waals surface area (Å²) in [5.41, 5.74) is 8.79. The Balaban J connectivity index is 2.03. The molecule has 0 amide bonds. The number of nitrogens with two attached hydrogens (primary N) is 1. The topological polar surface area (TPSA) is 43.8 Å². The molecule has 4 heteroatoms. The number of rotatable bonds is 2. The van der Waals surface area contributed by atoms with Crippen molar-refractivity contribution < 1.29 is 4.39 Å². The summed E-state index contributed by atoms with van der Waals surface area (Å²) in [7, 11) is 0. The Hall–Kier alpha value is -2.36. The SMILES string of the molecule is Nc1cccc(-c2nc3c(F)cccc3n2C2CC2)c1. The molecule has 4 rings (SSSR count). The maximum Gasteiger partial charge on any atom is 0.151 e. The van der Waals surface area contributed by atoms with Gasteiger partial charge in [0.1, 0.15) is 11.3 Å². The molecule has 0 atom stereocenters. The second kappa shape index (κ2) is 4.07. The maximum atomic E-state index is 14.0. The third-order valence-electron chi connectivity index (χ3n) is 3.73. The number of anilines is 1. The molecule has 2 aromatic carbocycles. The first-order chi connectivity index (χ1) is 9.74. The summed E-state index contributed by atoms with van der Waals surface area (Å²) in [4.78, 5) is 4.52. The zero-order valence-corrected chi connectivity index (χ0v) is 10.9. The molecular weight excluding hydrogens is 253 g/mol. The number of hydrogen-bond donors (Lipinski definition) is 1. The molecule has 1 heterocycles. The number of hydrogen-bond acceptors (Lipinski definition) is 2. The third-order valence-corrected chi connectivity index (χ3v) is 3.73. The number of fused-ring (bicyclic) bond motifs is 1. The molecule has 1 fully saturated rings. The molecule has 3 aromatic rings. The number of imidazole rings is 1. The van der Waals surface area contributed by atoms with Gasteiger partial charge in [-0.05, 0) is 37.1 Å². The van der Waals surface area contributed by atoms with E-state index in [1.807, 2.05) is 30.3 Å². The Morgan fingerprint density at radius 1 is 1.15 bits per heavy atom. The van der Waals surface area contributed by atoms with Crippen molar-refractivity contribution in [2.45, 2.75) is 18.9 Å². The highest BCUT2D eigenvalue weighted by Crippen LogP contribution is 2.41. The summed E-state index contributed by atoms with van der Waals surface area (Å²) >= 11 is 0. The van der Waals surface area contributed by atoms with E-state index in [4.69, 9.17) is 5.73 Å². The van der Waals surface area contributed by atoms with Crippen LogP contribution in [0.15, 0.2) is 42.5 Å². The fraction of sp³-hybridized carbons (Fsp3) is 0.188. The Bertz CT molecular complexity index is 803. The second-order valence-electron chi connectivity index (χ2n) is 5.27. The minimum Gasteiger partial charge on any atom is -0.399 e. The van der Waals surface area contributed by atoms with Crippen LogP contribution in [0.2, 0.25) is 0 Å². The second-order valence-corrected chi connectivity index (χ2v) is 5.27. The molecule has 1 aliphatic carbocycles. The van der Waals surface area contributed by atoms with Crippen molar-refractivity contribution in [1.29, 1.82) is 0 Å². The van der Waals surface area contributed by atoms with Crippen molar-refractivity contribution in [1.82, 2.24) is 9.55 Å². The van der Waals surface area contributed by atoms with E-state index in [9.17, 15) is 4.39 Å². The van der Waals surface area contributed by atoms with E-state index < -0.39 is 0 Å². The molecule has 0 bridgehead atoms. The zero-order valence-electron chi connectivity index (χ0n) is 10.9. The van der Waals surface area contributed by atoms with Crippen LogP contribution in [-0.2, 0) is 0 Å². The Kier molecular flexibility index (Phi) is 2.33. The van der Waals surface area contributed by atoms with E-state index >= 15 is 0 Å². The van der Waals surface area contributed by atoms with Gasteiger partial charge in [-0.2, -0.15) is 0 Å². The van der Waals surface area contributed by atoms with Crippen LogP contribution in [0.5, 0.6) is 0 Å². The molecule has 0 saturated heterocycles. The Labute approximate surface area is 115 Å². The van der Waals surface area contributed by atoms with E-state index in [1.165, 1.54) is 6.07 Å². The zero-order chi connectivity index (χ0) is 13.7. The molecular formula is C16H14FN3. The summed E-state index contributed by atoms with van der Waals surface area (Å²) in [6, 6.07) is 13.1. The van der Waals surface area contributed by atoms with Gasteiger partial charge in [0.2, 0.25) is 0 Å². The monoisotopic (exact) mass is 267 g/mol. The van der Waals surface area contributed by atoms with Crippen molar-refractivity contribution in [3.63, 3.8) is 0 Å². The highest BCUT2D eigenvalue weighted by molar-refractivity contribution is 5.82. The van der Waals surface area contributed by atoms with Gasteiger partial charge in [-0.25, -0.2) is 9.37 Å². The molecule has 0 aliphatic heterocycles. The summed E-state index contributed by atoms with van der Waals surface area (Å²) in [5.74, 6) is 0.534. The smallest absolute Gasteiger partial charge is 0.151 e. The van der Waals surface area contributed by atoms with Crippen LogP contribution in [0, 0.1) is 5.82 Å². The molecule has 3 nitrogen and oxygen atoms in total. The van der Waals surface area contributed by atoms with E-state index in [0.717, 1.165) is 29.7 Å². The normalized spacial score (nSPS) is 14.8. The van der Waals surface area contributed by atoms with Crippen LogP contribution in [0.1, 0.15) is 18.9 Å². The molecule has 1 saturated carbocycles. The lowest BCUT2D eigenvalue weighted by atomic mass is 10.2. The van der Waals surface area contributed by atoms with Gasteiger partial charge < -0.3 is 10.3 Å². The van der Waals surface area contributed by atoms with Gasteiger partial charge in [-0.1, -0.05) is 18.2 Å². The average molecular weight is 267 g/mol. The maximum absolute atomic E-state index is 14.0. The number of nitrogen functional groups attached to an aromatic ring is 1. The largest absolute Gasteiger partial charge is 0.399 e. The Morgan fingerprint density at radius 3 is 2.70 bits per heavy atom. The third kappa shape index (κ3) is 1.68. The van der Waals surface area contributed by atoms with E-state index in [1.54, 1.807) is 6.07 Å². The fourth-order valence-corrected chi connectivity index (χ4v) is 2.67. The van der Waals surface area contributed by atoms with Crippen molar-refractivity contribution in [3.8, 4) is 11.4 Å². The number of para-hydroxylation sites is 1. The predicted molar refractivity (Wildman–Crippen MR) is 77.8 cm³/mol. The van der Waals surface area contributed by atoms with Crippen LogP contribution >= 0.6 is 0 Å². The Morgan fingerprint density at radius 2 is 1.95 bits per heavy atom. The molecule has 0 unspecified atom stereocenters. The highest BCUT2D eigenvalue weighted by Gasteiger charge is 2.29. The van der Waals surface area contributed by atoms with E-state index in [-0.39, 0.29) is 5.82 Å². The van der Waals surface area contributed by atoms with Gasteiger partial charge in [-0.15, -0.1) is 0 Å². The fourth-order valence-electron chi connectivity index (χ4n) is 2.67. The quantitative estimate of drug-likeness (QED) is 0.718. The predicted octanol–water partition coefficient (Wildman–Crippen LogP) is 3.76. The van der Waals surface area contributed by atoms with Gasteiger partial charge in [0.25, 0.3) is 0 Å². The molecule has 20 heavy (non-hydrogen) atoms. The van der Waals surface area contributed by atoms with Crippen molar-refractivity contribution in [3.05, 3.63) is 48.3 Å². The van der Waals surface area contributed by atoms with Gasteiger partial charge in [-0.3, -0.25) is 0 Å². The number of benzene rings is 2. The minimum atomic E-state index is -0.271. The van der Waals surface area contributed by atoms with Gasteiger partial charge in [0.15, 0.2) is 5.82 Å². The molecule has 1 aromatic heterocycles. The average Bonchev–Trinajstić information content (AvgIpc) is 3.19. The first kappa shape index (κ1) is 11.5. The van der Waals surface area contributed by atoms with Crippen LogP contribution in [0.25, 0.3) is 22.4 Å². The van der Waals surface area contributed by atoms with Gasteiger partial charge in [0, 0.05) is 17.3 Å². The van der Waals surface area contributed by atoms with Gasteiger partial charge in [0.05, 0.1) is 5.52 Å². The minimum absolute atomic E-state index is 0.271. The first-order valence-electron chi connectivity index (χ1n) is 6.76. The van der Waals surface area contributed by atoms with Crippen molar-refractivity contribution >= 4 is 16.7 Å². The lowest BCUT2D eigenvalue weighted by Crippen LogP contribution is -1.97. The molecule has 2 N–H and O–H groups in total. The van der Waals surface area contributed by atoms with Crippen LogP contribution in [0.4, 0.5) is 10.1 Å². The first-order valence-corrected chi connectivity index (χ1v) is 6.76. The highest BCUT2D eigenvalue weighted by atomic mass is 19.1. The lowest BCUT2D eigenvalue weighted by Gasteiger charge is -2.08. The summed E-state index contributed by atoms with van der Waals surface area (Å²) in [6.45, 7) is 0. The lowest BCUT2D eigenvalue weighted by molar-refractivity contribution is 0.637. The number of nitrogens with zero attached hydrogens (tertiary/aromatic N) is 2. The van der Waals surface area contributed by atoms with Gasteiger partial charge >= 0.3 is 0 Å². The van der Waals surface area contributed by atoms with Crippen molar-refractivity contribution in [2.75, 3.05) is 5.73 Å². The standard InChI is InChI=1S/C16H14FN3/c17-13-5-2-6-14-15(13)19-16(20(14)12-7-8-12)10-3-1-4-11(18)9-10/h1-6,9,12H,7-8,18H2. The molecule has 0 spiro atoms. The molecule has 1 aliphatic rings. The van der Waals surface area contributed by atoms with Crippen LogP contribution in [0.3, 0.4) is 0 Å². The van der Waals surface area contributed by atoms with E-state index in [2.05, 4.69) is 9.55 Å². The summed E-state index contributed by atoms with van der Waals surface area (Å²) in [5, 5.41) is 0. The van der Waals surface area contributed by atoms with Crippen LogP contribution < -0.4 is 5.73 Å². The van der Waals surface area contributed by atoms with Crippen LogP contribution in [-0.4, -0.2) is 9.55 Å². The number of halogens is 1. The summed E-state index contributed by atoms with van der Waals surface area (Å²) < 4.78 is 16.1. The summed E-state index contributed by atoms with van der Waals surface area (Å²) in [6.07, 6.45) is 2.24. The number of aromatic nitrogens is 2. The van der Waals surface area contributed by atoms with E-state index in [0.29, 0.717) is 17.2 Å². The van der Waals surface area contributed by atoms with Crippen molar-refractivity contribution in [2.24, 2.45) is 0 Å².